The summed E-state index contributed by atoms with van der Waals surface area (Å²) in [4.78, 5) is 4.45. The van der Waals surface area contributed by atoms with Gasteiger partial charge in [0, 0.05) is 12.1 Å². The number of hydrogen-bond donors (Lipinski definition) is 1. The average Bonchev–Trinajstić information content (AvgIpc) is 3.11. The van der Waals surface area contributed by atoms with Crippen LogP contribution in [0.4, 0.5) is 0 Å². The first-order chi connectivity index (χ1) is 12.2. The van der Waals surface area contributed by atoms with Crippen molar-refractivity contribution in [1.29, 1.82) is 0 Å². The van der Waals surface area contributed by atoms with Gasteiger partial charge in [0.15, 0.2) is 5.82 Å². The van der Waals surface area contributed by atoms with E-state index < -0.39 is 0 Å². The molecule has 1 heterocycles. The quantitative estimate of drug-likeness (QED) is 0.710. The topological polar surface area (TPSA) is 84.4 Å². The molecule has 0 unspecified atom stereocenters. The zero-order valence-electron chi connectivity index (χ0n) is 14.2. The Kier molecular flexibility index (Phi) is 5.15. The first kappa shape index (κ1) is 16.8. The van der Waals surface area contributed by atoms with E-state index in [9.17, 15) is 0 Å². The monoisotopic (exact) mass is 340 g/mol. The van der Waals surface area contributed by atoms with E-state index in [0.717, 1.165) is 22.7 Å². The third kappa shape index (κ3) is 3.72. The smallest absolute Gasteiger partial charge is 0.336 e. The SMILES string of the molecule is COc1ccc(-n2nc(OC)nc2-c2ccc(OCCN)cc2)cc1. The van der Waals surface area contributed by atoms with Gasteiger partial charge in [0.05, 0.1) is 19.9 Å². The van der Waals surface area contributed by atoms with Crippen molar-refractivity contribution >= 4 is 0 Å². The molecule has 0 saturated carbocycles. The summed E-state index contributed by atoms with van der Waals surface area (Å²) < 4.78 is 17.6. The molecule has 0 aliphatic rings. The molecule has 2 N–H and O–H groups in total. The van der Waals surface area contributed by atoms with Crippen LogP contribution in [0, 0.1) is 0 Å². The van der Waals surface area contributed by atoms with Crippen LogP contribution in [0.3, 0.4) is 0 Å². The summed E-state index contributed by atoms with van der Waals surface area (Å²) >= 11 is 0. The standard InChI is InChI=1S/C18H20N4O3/c1-23-15-9-5-14(6-10-15)22-17(20-18(21-22)24-2)13-3-7-16(8-4-13)25-12-11-19/h3-10H,11-12,19H2,1-2H3. The van der Waals surface area contributed by atoms with Gasteiger partial charge in [-0.3, -0.25) is 0 Å². The maximum atomic E-state index is 5.51. The Morgan fingerprint density at radius 1 is 0.920 bits per heavy atom. The van der Waals surface area contributed by atoms with E-state index >= 15 is 0 Å². The Balaban J connectivity index is 1.96. The highest BCUT2D eigenvalue weighted by Crippen LogP contribution is 2.26. The molecule has 7 heteroatoms. The second-order valence-corrected chi connectivity index (χ2v) is 5.19. The Hall–Kier alpha value is -3.06. The van der Waals surface area contributed by atoms with Crippen LogP contribution in [0.5, 0.6) is 17.5 Å². The lowest BCUT2D eigenvalue weighted by Gasteiger charge is -2.08. The first-order valence-corrected chi connectivity index (χ1v) is 7.84. The summed E-state index contributed by atoms with van der Waals surface area (Å²) in [7, 11) is 3.18. The molecule has 0 saturated heterocycles. The third-order valence-corrected chi connectivity index (χ3v) is 3.59. The number of methoxy groups -OCH3 is 2. The molecule has 0 atom stereocenters. The highest BCUT2D eigenvalue weighted by Gasteiger charge is 2.14. The molecular formula is C18H20N4O3. The van der Waals surface area contributed by atoms with Crippen molar-refractivity contribution in [2.24, 2.45) is 5.73 Å². The van der Waals surface area contributed by atoms with Crippen LogP contribution in [-0.2, 0) is 0 Å². The lowest BCUT2D eigenvalue weighted by atomic mass is 10.2. The molecule has 1 aromatic heterocycles. The van der Waals surface area contributed by atoms with Gasteiger partial charge >= 0.3 is 6.01 Å². The maximum absolute atomic E-state index is 5.51. The van der Waals surface area contributed by atoms with Crippen molar-refractivity contribution in [2.45, 2.75) is 0 Å². The van der Waals surface area contributed by atoms with E-state index in [2.05, 4.69) is 10.1 Å². The van der Waals surface area contributed by atoms with Gasteiger partial charge in [-0.05, 0) is 48.5 Å². The molecule has 0 bridgehead atoms. The molecule has 0 radical (unpaired) electrons. The van der Waals surface area contributed by atoms with E-state index in [1.165, 1.54) is 0 Å². The van der Waals surface area contributed by atoms with E-state index in [-0.39, 0.29) is 0 Å². The second-order valence-electron chi connectivity index (χ2n) is 5.19. The van der Waals surface area contributed by atoms with Crippen LogP contribution in [0.1, 0.15) is 0 Å². The lowest BCUT2D eigenvalue weighted by Crippen LogP contribution is -2.10. The normalized spacial score (nSPS) is 10.5. The highest BCUT2D eigenvalue weighted by atomic mass is 16.5. The van der Waals surface area contributed by atoms with Gasteiger partial charge in [-0.15, -0.1) is 5.10 Å². The summed E-state index contributed by atoms with van der Waals surface area (Å²) in [5.74, 6) is 2.21. The molecule has 0 spiro atoms. The molecule has 3 rings (SSSR count). The van der Waals surface area contributed by atoms with Crippen molar-refractivity contribution in [3.05, 3.63) is 48.5 Å². The number of hydrogen-bond acceptors (Lipinski definition) is 6. The number of ether oxygens (including phenoxy) is 3. The fraction of sp³-hybridized carbons (Fsp3) is 0.222. The van der Waals surface area contributed by atoms with Crippen molar-refractivity contribution in [3.8, 4) is 34.6 Å². The largest absolute Gasteiger partial charge is 0.497 e. The van der Waals surface area contributed by atoms with Crippen molar-refractivity contribution in [2.75, 3.05) is 27.4 Å². The van der Waals surface area contributed by atoms with Crippen LogP contribution in [0.25, 0.3) is 17.1 Å². The number of rotatable bonds is 7. The Labute approximate surface area is 146 Å². The average molecular weight is 340 g/mol. The zero-order valence-corrected chi connectivity index (χ0v) is 14.2. The van der Waals surface area contributed by atoms with Gasteiger partial charge in [0.25, 0.3) is 0 Å². The van der Waals surface area contributed by atoms with Gasteiger partial charge in [0.1, 0.15) is 18.1 Å². The van der Waals surface area contributed by atoms with Gasteiger partial charge in [-0.25, -0.2) is 4.68 Å². The highest BCUT2D eigenvalue weighted by molar-refractivity contribution is 5.59. The van der Waals surface area contributed by atoms with Crippen LogP contribution in [-0.4, -0.2) is 42.1 Å². The van der Waals surface area contributed by atoms with Gasteiger partial charge < -0.3 is 19.9 Å². The van der Waals surface area contributed by atoms with E-state index in [0.29, 0.717) is 25.0 Å². The molecule has 3 aromatic rings. The minimum Gasteiger partial charge on any atom is -0.497 e. The Bertz CT molecular complexity index is 813. The van der Waals surface area contributed by atoms with Crippen LogP contribution in [0.2, 0.25) is 0 Å². The molecule has 130 valence electrons. The summed E-state index contributed by atoms with van der Waals surface area (Å²) in [5, 5.41) is 4.40. The van der Waals surface area contributed by atoms with Crippen LogP contribution >= 0.6 is 0 Å². The van der Waals surface area contributed by atoms with E-state index in [1.807, 2.05) is 48.5 Å². The van der Waals surface area contributed by atoms with Crippen LogP contribution in [0.15, 0.2) is 48.5 Å². The predicted molar refractivity (Wildman–Crippen MR) is 94.4 cm³/mol. The third-order valence-electron chi connectivity index (χ3n) is 3.59. The van der Waals surface area contributed by atoms with E-state index in [4.69, 9.17) is 19.9 Å². The molecule has 0 amide bonds. The molecular weight excluding hydrogens is 320 g/mol. The van der Waals surface area contributed by atoms with Gasteiger partial charge in [0.2, 0.25) is 0 Å². The molecule has 25 heavy (non-hydrogen) atoms. The molecule has 7 nitrogen and oxygen atoms in total. The van der Waals surface area contributed by atoms with Crippen molar-refractivity contribution < 1.29 is 14.2 Å². The summed E-state index contributed by atoms with van der Waals surface area (Å²) in [6, 6.07) is 15.5. The molecule has 0 fully saturated rings. The summed E-state index contributed by atoms with van der Waals surface area (Å²) in [5.41, 5.74) is 7.20. The number of aromatic nitrogens is 3. The molecule has 2 aromatic carbocycles. The maximum Gasteiger partial charge on any atom is 0.336 e. The number of nitrogens with zero attached hydrogens (tertiary/aromatic N) is 3. The Morgan fingerprint density at radius 3 is 2.20 bits per heavy atom. The molecule has 0 aliphatic carbocycles. The van der Waals surface area contributed by atoms with Crippen molar-refractivity contribution in [1.82, 2.24) is 14.8 Å². The first-order valence-electron chi connectivity index (χ1n) is 7.84. The fourth-order valence-electron chi connectivity index (χ4n) is 2.35. The Morgan fingerprint density at radius 2 is 1.60 bits per heavy atom. The fourth-order valence-corrected chi connectivity index (χ4v) is 2.35. The number of nitrogens with two attached hydrogens (primary N) is 1. The van der Waals surface area contributed by atoms with Crippen LogP contribution < -0.4 is 19.9 Å². The molecule has 0 aliphatic heterocycles. The van der Waals surface area contributed by atoms with Gasteiger partial charge in [-0.2, -0.15) is 4.98 Å². The van der Waals surface area contributed by atoms with Crippen molar-refractivity contribution in [3.63, 3.8) is 0 Å². The predicted octanol–water partition coefficient (Wildman–Crippen LogP) is 2.29. The lowest BCUT2D eigenvalue weighted by molar-refractivity contribution is 0.328. The number of benzene rings is 2. The second kappa shape index (κ2) is 7.67. The minimum atomic E-state index is 0.300. The zero-order chi connectivity index (χ0) is 17.6. The minimum absolute atomic E-state index is 0.300. The summed E-state index contributed by atoms with van der Waals surface area (Å²) in [6.07, 6.45) is 0. The summed E-state index contributed by atoms with van der Waals surface area (Å²) in [6.45, 7) is 0.958. The van der Waals surface area contributed by atoms with Gasteiger partial charge in [-0.1, -0.05) is 0 Å². The van der Waals surface area contributed by atoms with E-state index in [1.54, 1.807) is 18.9 Å².